The number of rotatable bonds is 3. The van der Waals surface area contributed by atoms with Gasteiger partial charge in [-0.2, -0.15) is 0 Å². The summed E-state index contributed by atoms with van der Waals surface area (Å²) in [5.74, 6) is -0.139. The van der Waals surface area contributed by atoms with Crippen molar-refractivity contribution in [2.45, 2.75) is 25.3 Å². The summed E-state index contributed by atoms with van der Waals surface area (Å²) in [5, 5.41) is 2.94. The molecule has 3 N–H and O–H groups in total. The predicted octanol–water partition coefficient (Wildman–Crippen LogP) is 0.878. The molecule has 1 unspecified atom stereocenters. The Labute approximate surface area is 107 Å². The molecule has 0 aromatic carbocycles. The van der Waals surface area contributed by atoms with E-state index in [-0.39, 0.29) is 5.91 Å². The number of nitrogen functional groups attached to an aromatic ring is 1. The van der Waals surface area contributed by atoms with Gasteiger partial charge in [0.2, 0.25) is 0 Å². The van der Waals surface area contributed by atoms with Gasteiger partial charge in [0.05, 0.1) is 5.56 Å². The van der Waals surface area contributed by atoms with Crippen LogP contribution in [-0.4, -0.2) is 42.0 Å². The predicted molar refractivity (Wildman–Crippen MR) is 71.3 cm³/mol. The number of nitrogens with one attached hydrogen (secondary N) is 1. The van der Waals surface area contributed by atoms with Gasteiger partial charge < -0.3 is 16.0 Å². The third kappa shape index (κ3) is 2.98. The Bertz CT molecular complexity index is 421. The first-order valence-electron chi connectivity index (χ1n) is 6.36. The third-order valence-electron chi connectivity index (χ3n) is 3.52. The number of likely N-dealkylation sites (tertiary alicyclic amines) is 1. The van der Waals surface area contributed by atoms with E-state index >= 15 is 0 Å². The van der Waals surface area contributed by atoms with Gasteiger partial charge in [0.1, 0.15) is 0 Å². The number of anilines is 1. The minimum Gasteiger partial charge on any atom is -0.398 e. The lowest BCUT2D eigenvalue weighted by molar-refractivity contribution is 0.0929. The second kappa shape index (κ2) is 5.82. The van der Waals surface area contributed by atoms with E-state index in [9.17, 15) is 4.79 Å². The van der Waals surface area contributed by atoms with Crippen molar-refractivity contribution in [2.24, 2.45) is 0 Å². The molecule has 1 fully saturated rings. The van der Waals surface area contributed by atoms with Crippen molar-refractivity contribution >= 4 is 11.6 Å². The molecule has 1 aromatic heterocycles. The molecule has 0 radical (unpaired) electrons. The van der Waals surface area contributed by atoms with E-state index in [1.54, 1.807) is 12.3 Å². The van der Waals surface area contributed by atoms with Crippen molar-refractivity contribution in [3.63, 3.8) is 0 Å². The van der Waals surface area contributed by atoms with Gasteiger partial charge in [0, 0.05) is 30.7 Å². The molecule has 98 valence electrons. The molecule has 1 amide bonds. The largest absolute Gasteiger partial charge is 0.398 e. The van der Waals surface area contributed by atoms with Crippen LogP contribution >= 0.6 is 0 Å². The molecule has 1 aliphatic heterocycles. The van der Waals surface area contributed by atoms with Crippen LogP contribution in [0.3, 0.4) is 0 Å². The first-order chi connectivity index (χ1) is 8.68. The van der Waals surface area contributed by atoms with Crippen molar-refractivity contribution in [1.82, 2.24) is 15.2 Å². The summed E-state index contributed by atoms with van der Waals surface area (Å²) in [5.41, 5.74) is 6.67. The van der Waals surface area contributed by atoms with E-state index in [1.807, 2.05) is 0 Å². The van der Waals surface area contributed by atoms with E-state index < -0.39 is 0 Å². The molecular formula is C13H20N4O. The maximum absolute atomic E-state index is 12.0. The summed E-state index contributed by atoms with van der Waals surface area (Å²) in [7, 11) is 2.11. The zero-order chi connectivity index (χ0) is 13.0. The lowest BCUT2D eigenvalue weighted by Crippen LogP contribution is -2.44. The maximum atomic E-state index is 12.0. The lowest BCUT2D eigenvalue weighted by atomic mass is 10.0. The van der Waals surface area contributed by atoms with Gasteiger partial charge in [0.25, 0.3) is 5.91 Å². The number of pyridine rings is 1. The SMILES string of the molecule is CN1CCCCC1CNC(=O)c1cnccc1N. The molecule has 5 nitrogen and oxygen atoms in total. The lowest BCUT2D eigenvalue weighted by Gasteiger charge is -2.32. The van der Waals surface area contributed by atoms with Gasteiger partial charge in [0.15, 0.2) is 0 Å². The minimum atomic E-state index is -0.139. The van der Waals surface area contributed by atoms with Crippen LogP contribution in [0.5, 0.6) is 0 Å². The Balaban J connectivity index is 1.90. The summed E-state index contributed by atoms with van der Waals surface area (Å²) in [6.07, 6.45) is 6.71. The summed E-state index contributed by atoms with van der Waals surface area (Å²) in [4.78, 5) is 18.2. The molecule has 1 aliphatic rings. The zero-order valence-electron chi connectivity index (χ0n) is 10.7. The van der Waals surface area contributed by atoms with Crippen molar-refractivity contribution in [1.29, 1.82) is 0 Å². The average molecular weight is 248 g/mol. The summed E-state index contributed by atoms with van der Waals surface area (Å²) < 4.78 is 0. The molecule has 1 atom stereocenters. The smallest absolute Gasteiger partial charge is 0.255 e. The molecule has 0 saturated carbocycles. The minimum absolute atomic E-state index is 0.139. The van der Waals surface area contributed by atoms with Gasteiger partial charge in [-0.1, -0.05) is 6.42 Å². The number of aromatic nitrogens is 1. The van der Waals surface area contributed by atoms with Crippen LogP contribution in [0.15, 0.2) is 18.5 Å². The number of carbonyl (C=O) groups excluding carboxylic acids is 1. The standard InChI is InChI=1S/C13H20N4O/c1-17-7-3-2-4-10(17)8-16-13(18)11-9-15-6-5-12(11)14/h5-6,9-10H,2-4,7-8H2,1H3,(H2,14,15)(H,16,18). The Morgan fingerprint density at radius 3 is 3.17 bits per heavy atom. The molecule has 2 rings (SSSR count). The number of hydrogen-bond donors (Lipinski definition) is 2. The first-order valence-corrected chi connectivity index (χ1v) is 6.36. The Hall–Kier alpha value is -1.62. The first kappa shape index (κ1) is 12.8. The maximum Gasteiger partial charge on any atom is 0.255 e. The number of likely N-dealkylation sites (N-methyl/N-ethyl adjacent to an activating group) is 1. The summed E-state index contributed by atoms with van der Waals surface area (Å²) in [6, 6.07) is 2.07. The number of nitrogens with zero attached hydrogens (tertiary/aromatic N) is 2. The number of carbonyl (C=O) groups is 1. The summed E-state index contributed by atoms with van der Waals surface area (Å²) in [6.45, 7) is 1.78. The highest BCUT2D eigenvalue weighted by Gasteiger charge is 2.19. The molecule has 5 heteroatoms. The topological polar surface area (TPSA) is 71.2 Å². The quantitative estimate of drug-likeness (QED) is 0.833. The van der Waals surface area contributed by atoms with Crippen LogP contribution in [0.25, 0.3) is 0 Å². The van der Waals surface area contributed by atoms with Crippen LogP contribution in [-0.2, 0) is 0 Å². The van der Waals surface area contributed by atoms with Crippen LogP contribution in [0.4, 0.5) is 5.69 Å². The van der Waals surface area contributed by atoms with Gasteiger partial charge in [-0.3, -0.25) is 9.78 Å². The number of nitrogens with two attached hydrogens (primary N) is 1. The highest BCUT2D eigenvalue weighted by molar-refractivity contribution is 5.98. The van der Waals surface area contributed by atoms with E-state index in [1.165, 1.54) is 19.0 Å². The molecule has 1 saturated heterocycles. The fraction of sp³-hybridized carbons (Fsp3) is 0.538. The van der Waals surface area contributed by atoms with E-state index in [0.717, 1.165) is 13.0 Å². The van der Waals surface area contributed by atoms with E-state index in [0.29, 0.717) is 23.8 Å². The van der Waals surface area contributed by atoms with Crippen molar-refractivity contribution < 1.29 is 4.79 Å². The van der Waals surface area contributed by atoms with Gasteiger partial charge in [-0.25, -0.2) is 0 Å². The van der Waals surface area contributed by atoms with Crippen molar-refractivity contribution in [2.75, 3.05) is 25.9 Å². The number of piperidine rings is 1. The second-order valence-corrected chi connectivity index (χ2v) is 4.80. The fourth-order valence-electron chi connectivity index (χ4n) is 2.30. The summed E-state index contributed by atoms with van der Waals surface area (Å²) >= 11 is 0. The van der Waals surface area contributed by atoms with Crippen LogP contribution in [0, 0.1) is 0 Å². The molecular weight excluding hydrogens is 228 g/mol. The third-order valence-corrected chi connectivity index (χ3v) is 3.52. The van der Waals surface area contributed by atoms with Crippen molar-refractivity contribution in [3.8, 4) is 0 Å². The molecule has 1 aromatic rings. The molecule has 0 aliphatic carbocycles. The number of hydrogen-bond acceptors (Lipinski definition) is 4. The Kier molecular flexibility index (Phi) is 4.15. The number of amides is 1. The Morgan fingerprint density at radius 2 is 2.44 bits per heavy atom. The zero-order valence-corrected chi connectivity index (χ0v) is 10.7. The fourth-order valence-corrected chi connectivity index (χ4v) is 2.30. The van der Waals surface area contributed by atoms with Gasteiger partial charge >= 0.3 is 0 Å². The van der Waals surface area contributed by atoms with Crippen molar-refractivity contribution in [3.05, 3.63) is 24.0 Å². The average Bonchev–Trinajstić information content (AvgIpc) is 2.38. The van der Waals surface area contributed by atoms with Gasteiger partial charge in [-0.05, 0) is 32.5 Å². The van der Waals surface area contributed by atoms with E-state index in [2.05, 4.69) is 22.2 Å². The van der Waals surface area contributed by atoms with Crippen LogP contribution in [0.1, 0.15) is 29.6 Å². The Morgan fingerprint density at radius 1 is 1.61 bits per heavy atom. The molecule has 2 heterocycles. The van der Waals surface area contributed by atoms with E-state index in [4.69, 9.17) is 5.73 Å². The van der Waals surface area contributed by atoms with Crippen LogP contribution < -0.4 is 11.1 Å². The molecule has 18 heavy (non-hydrogen) atoms. The second-order valence-electron chi connectivity index (χ2n) is 4.80. The molecule has 0 bridgehead atoms. The highest BCUT2D eigenvalue weighted by Crippen LogP contribution is 2.14. The highest BCUT2D eigenvalue weighted by atomic mass is 16.1. The monoisotopic (exact) mass is 248 g/mol. The normalized spacial score (nSPS) is 20.6. The molecule has 0 spiro atoms. The van der Waals surface area contributed by atoms with Gasteiger partial charge in [-0.15, -0.1) is 0 Å². The van der Waals surface area contributed by atoms with Crippen LogP contribution in [0.2, 0.25) is 0 Å².